The van der Waals surface area contributed by atoms with E-state index in [-0.39, 0.29) is 23.0 Å². The number of rotatable bonds is 5. The van der Waals surface area contributed by atoms with E-state index in [1.165, 1.54) is 19.2 Å². The Bertz CT molecular complexity index is 1530. The van der Waals surface area contributed by atoms with Gasteiger partial charge in [0.05, 0.1) is 23.1 Å². The van der Waals surface area contributed by atoms with Crippen molar-refractivity contribution in [2.45, 2.75) is 128 Å². The van der Waals surface area contributed by atoms with Crippen LogP contribution in [0.4, 0.5) is 13.2 Å². The SMILES string of the molecule is CC(=O)OC1c2nc(C3CCOCC3)c3c(c2C(O[Si](C)(C)C(C)(C)C)CC1(C)C)C1(CCOCC1)OC3c1ccc(C(F)(F)F)nc1. The molecule has 0 saturated carbocycles. The molecule has 3 unspecified atom stereocenters. The summed E-state index contributed by atoms with van der Waals surface area (Å²) in [6.45, 7) is 18.8. The molecular formula is C36H49F3N2O6Si. The molecule has 264 valence electrons. The number of fused-ring (bicyclic) bond motifs is 4. The van der Waals surface area contributed by atoms with Crippen molar-refractivity contribution in [2.24, 2.45) is 5.41 Å². The summed E-state index contributed by atoms with van der Waals surface area (Å²) in [5, 5.41) is -0.0794. The molecule has 0 bridgehead atoms. The molecule has 12 heteroatoms. The van der Waals surface area contributed by atoms with Gasteiger partial charge in [-0.3, -0.25) is 14.8 Å². The summed E-state index contributed by atoms with van der Waals surface area (Å²) in [6.07, 6.45) is -1.78. The smallest absolute Gasteiger partial charge is 0.433 e. The van der Waals surface area contributed by atoms with Crippen LogP contribution in [0.25, 0.3) is 0 Å². The molecule has 2 aromatic heterocycles. The molecule has 0 N–H and O–H groups in total. The van der Waals surface area contributed by atoms with Crippen molar-refractivity contribution in [3.63, 3.8) is 0 Å². The molecule has 6 rings (SSSR count). The lowest BCUT2D eigenvalue weighted by molar-refractivity contribution is -0.156. The quantitative estimate of drug-likeness (QED) is 0.228. The van der Waals surface area contributed by atoms with E-state index in [1.807, 2.05) is 0 Å². The van der Waals surface area contributed by atoms with Gasteiger partial charge in [-0.05, 0) is 49.0 Å². The zero-order valence-electron chi connectivity index (χ0n) is 29.4. The minimum absolute atomic E-state index is 0.0177. The van der Waals surface area contributed by atoms with Crippen molar-refractivity contribution in [3.05, 3.63) is 57.7 Å². The van der Waals surface area contributed by atoms with Crippen LogP contribution in [0.3, 0.4) is 0 Å². The molecule has 2 saturated heterocycles. The largest absolute Gasteiger partial charge is 0.455 e. The van der Waals surface area contributed by atoms with Crippen LogP contribution >= 0.6 is 0 Å². The number of aromatic nitrogens is 2. The summed E-state index contributed by atoms with van der Waals surface area (Å²) in [5.41, 5.74) is 2.59. The number of ether oxygens (including phenoxy) is 4. The number of hydrogen-bond acceptors (Lipinski definition) is 8. The van der Waals surface area contributed by atoms with Crippen molar-refractivity contribution in [1.82, 2.24) is 9.97 Å². The van der Waals surface area contributed by atoms with Gasteiger partial charge < -0.3 is 23.4 Å². The number of carbonyl (C=O) groups excluding carboxylic acids is 1. The van der Waals surface area contributed by atoms with E-state index in [2.05, 4.69) is 52.7 Å². The Kier molecular flexibility index (Phi) is 9.18. The predicted octanol–water partition coefficient (Wildman–Crippen LogP) is 8.61. The van der Waals surface area contributed by atoms with Gasteiger partial charge in [-0.15, -0.1) is 0 Å². The summed E-state index contributed by atoms with van der Waals surface area (Å²) in [7, 11) is -2.36. The molecule has 4 aliphatic rings. The molecule has 2 aromatic rings. The number of carbonyl (C=O) groups is 1. The fourth-order valence-corrected chi connectivity index (χ4v) is 8.93. The Hall–Kier alpha value is -2.38. The van der Waals surface area contributed by atoms with Crippen molar-refractivity contribution < 1.29 is 41.3 Å². The Morgan fingerprint density at radius 1 is 0.979 bits per heavy atom. The van der Waals surface area contributed by atoms with Gasteiger partial charge in [0.25, 0.3) is 0 Å². The molecule has 0 amide bonds. The van der Waals surface area contributed by atoms with Gasteiger partial charge in [0.2, 0.25) is 0 Å². The van der Waals surface area contributed by atoms with Crippen LogP contribution in [-0.4, -0.2) is 50.7 Å². The molecule has 5 heterocycles. The Balaban J connectivity index is 1.66. The third-order valence-electron chi connectivity index (χ3n) is 11.2. The van der Waals surface area contributed by atoms with Crippen molar-refractivity contribution in [3.8, 4) is 0 Å². The van der Waals surface area contributed by atoms with Gasteiger partial charge in [0.1, 0.15) is 17.9 Å². The van der Waals surface area contributed by atoms with Crippen molar-refractivity contribution in [1.29, 1.82) is 0 Å². The number of alkyl halides is 3. The van der Waals surface area contributed by atoms with Crippen LogP contribution in [-0.2, 0) is 39.9 Å². The molecular weight excluding hydrogens is 641 g/mol. The molecule has 8 nitrogen and oxygen atoms in total. The monoisotopic (exact) mass is 690 g/mol. The lowest BCUT2D eigenvalue weighted by Crippen LogP contribution is -2.46. The molecule has 2 fully saturated rings. The van der Waals surface area contributed by atoms with Crippen LogP contribution < -0.4 is 0 Å². The normalized spacial score (nSPS) is 25.9. The number of pyridine rings is 2. The minimum atomic E-state index is -4.56. The van der Waals surface area contributed by atoms with Gasteiger partial charge in [-0.25, -0.2) is 0 Å². The summed E-state index contributed by atoms with van der Waals surface area (Å²) >= 11 is 0. The Morgan fingerprint density at radius 3 is 2.19 bits per heavy atom. The molecule has 3 atom stereocenters. The molecule has 0 aromatic carbocycles. The van der Waals surface area contributed by atoms with E-state index < -0.39 is 43.4 Å². The first-order chi connectivity index (χ1) is 22.3. The molecule has 3 aliphatic heterocycles. The van der Waals surface area contributed by atoms with E-state index in [4.69, 9.17) is 28.4 Å². The maximum atomic E-state index is 13.6. The van der Waals surface area contributed by atoms with E-state index in [0.717, 1.165) is 41.3 Å². The first-order valence-corrected chi connectivity index (χ1v) is 20.0. The van der Waals surface area contributed by atoms with E-state index >= 15 is 0 Å². The predicted molar refractivity (Wildman–Crippen MR) is 175 cm³/mol. The maximum absolute atomic E-state index is 13.6. The third kappa shape index (κ3) is 6.36. The second-order valence-corrected chi connectivity index (χ2v) is 20.9. The topological polar surface area (TPSA) is 89.0 Å². The molecule has 1 aliphatic carbocycles. The van der Waals surface area contributed by atoms with Gasteiger partial charge in [-0.1, -0.05) is 40.7 Å². The molecule has 1 spiro atoms. The lowest BCUT2D eigenvalue weighted by atomic mass is 9.68. The number of halogens is 3. The lowest BCUT2D eigenvalue weighted by Gasteiger charge is -2.48. The Morgan fingerprint density at radius 2 is 1.62 bits per heavy atom. The number of hydrogen-bond donors (Lipinski definition) is 0. The highest BCUT2D eigenvalue weighted by molar-refractivity contribution is 6.74. The average Bonchev–Trinajstić information content (AvgIpc) is 3.32. The van der Waals surface area contributed by atoms with Crippen LogP contribution in [0.2, 0.25) is 18.1 Å². The van der Waals surface area contributed by atoms with Gasteiger partial charge in [-0.2, -0.15) is 13.2 Å². The molecule has 48 heavy (non-hydrogen) atoms. The first-order valence-electron chi connectivity index (χ1n) is 17.1. The zero-order chi connectivity index (χ0) is 34.9. The van der Waals surface area contributed by atoms with Gasteiger partial charge >= 0.3 is 12.1 Å². The maximum Gasteiger partial charge on any atom is 0.433 e. The highest BCUT2D eigenvalue weighted by atomic mass is 28.4. The first kappa shape index (κ1) is 35.4. The summed E-state index contributed by atoms with van der Waals surface area (Å²) < 4.78 is 73.0. The second kappa shape index (κ2) is 12.4. The van der Waals surface area contributed by atoms with E-state index in [0.29, 0.717) is 56.9 Å². The number of esters is 1. The van der Waals surface area contributed by atoms with Crippen molar-refractivity contribution >= 4 is 14.3 Å². The van der Waals surface area contributed by atoms with Gasteiger partial charge in [0, 0.05) is 80.4 Å². The van der Waals surface area contributed by atoms with Crippen LogP contribution in [0.15, 0.2) is 18.3 Å². The average molecular weight is 691 g/mol. The summed E-state index contributed by atoms with van der Waals surface area (Å²) in [4.78, 5) is 22.0. The minimum Gasteiger partial charge on any atom is -0.455 e. The fourth-order valence-electron chi connectivity index (χ4n) is 7.66. The fraction of sp³-hybridized carbons (Fsp3) is 0.694. The van der Waals surface area contributed by atoms with E-state index in [9.17, 15) is 18.0 Å². The highest BCUT2D eigenvalue weighted by Gasteiger charge is 2.56. The molecule has 0 radical (unpaired) electrons. The van der Waals surface area contributed by atoms with Crippen LogP contribution in [0.5, 0.6) is 0 Å². The van der Waals surface area contributed by atoms with E-state index in [1.54, 1.807) is 0 Å². The number of nitrogens with zero attached hydrogens (tertiary/aromatic N) is 2. The van der Waals surface area contributed by atoms with Gasteiger partial charge in [0.15, 0.2) is 8.32 Å². The standard InChI is InChI=1S/C36H49F3N2O6Si/c1-21(42)45-32-30-26(24(19-34(32,5)6)47-48(7,8)33(2,3)4)28-27(29(41-30)22-11-15-43-16-12-22)31(46-35(28)13-17-44-18-14-35)23-9-10-25(40-20-23)36(37,38)39/h9-10,20,22,24,31-32H,11-19H2,1-8H3. The second-order valence-electron chi connectivity index (χ2n) is 16.1. The van der Waals surface area contributed by atoms with Crippen molar-refractivity contribution in [2.75, 3.05) is 26.4 Å². The zero-order valence-corrected chi connectivity index (χ0v) is 30.4. The summed E-state index contributed by atoms with van der Waals surface area (Å²) in [6, 6.07) is 2.50. The summed E-state index contributed by atoms with van der Waals surface area (Å²) in [5.74, 6) is -0.368. The highest BCUT2D eigenvalue weighted by Crippen LogP contribution is 2.61. The van der Waals surface area contributed by atoms with Crippen LogP contribution in [0.1, 0.15) is 137 Å². The van der Waals surface area contributed by atoms with Crippen LogP contribution in [0, 0.1) is 5.41 Å². The Labute approximate surface area is 282 Å². The third-order valence-corrected chi connectivity index (χ3v) is 15.7.